The van der Waals surface area contributed by atoms with Crippen molar-refractivity contribution in [3.63, 3.8) is 0 Å². The molecule has 112 valence electrons. The average Bonchev–Trinajstić information content (AvgIpc) is 2.81. The third-order valence-corrected chi connectivity index (χ3v) is 3.29. The van der Waals surface area contributed by atoms with Crippen molar-refractivity contribution in [2.45, 2.75) is 19.9 Å². The number of fused-ring (bicyclic) bond motifs is 1. The minimum Gasteiger partial charge on any atom is -0.480 e. The molecule has 2 aromatic rings. The number of carboxylic acids is 1. The van der Waals surface area contributed by atoms with Gasteiger partial charge in [0.25, 0.3) is 5.91 Å². The van der Waals surface area contributed by atoms with E-state index in [0.29, 0.717) is 5.58 Å². The number of carbonyl (C=O) groups excluding carboxylic acids is 1. The predicted octanol–water partition coefficient (Wildman–Crippen LogP) is 1.88. The summed E-state index contributed by atoms with van der Waals surface area (Å²) in [7, 11) is 1.37. The number of hydrogen-bond donors (Lipinski definition) is 2. The minimum atomic E-state index is -1.16. The number of carboxylic acid groups (broad SMARTS) is 1. The molecule has 0 aliphatic heterocycles. The molecule has 1 heterocycles. The van der Waals surface area contributed by atoms with Crippen LogP contribution in [0.2, 0.25) is 0 Å². The van der Waals surface area contributed by atoms with Gasteiger partial charge in [0.15, 0.2) is 11.8 Å². The van der Waals surface area contributed by atoms with Crippen molar-refractivity contribution < 1.29 is 23.8 Å². The highest BCUT2D eigenvalue weighted by molar-refractivity contribution is 5.98. The zero-order valence-electron chi connectivity index (χ0n) is 12.1. The van der Waals surface area contributed by atoms with Gasteiger partial charge in [-0.3, -0.25) is 4.79 Å². The molecular weight excluding hydrogens is 274 g/mol. The zero-order valence-corrected chi connectivity index (χ0v) is 12.1. The van der Waals surface area contributed by atoms with E-state index in [1.54, 1.807) is 6.07 Å². The Balaban J connectivity index is 2.25. The first-order valence-electron chi connectivity index (χ1n) is 6.45. The SMILES string of the molecule is COCC(NC(=O)c1cc2cc(C)c(C)cc2o1)C(=O)O. The van der Waals surface area contributed by atoms with Crippen molar-refractivity contribution in [1.29, 1.82) is 0 Å². The summed E-state index contributed by atoms with van der Waals surface area (Å²) in [6, 6.07) is 4.27. The molecule has 6 heteroatoms. The van der Waals surface area contributed by atoms with Crippen LogP contribution in [0.1, 0.15) is 21.7 Å². The summed E-state index contributed by atoms with van der Waals surface area (Å²) in [4.78, 5) is 23.0. The van der Waals surface area contributed by atoms with Crippen LogP contribution < -0.4 is 5.32 Å². The molecule has 2 rings (SSSR count). The number of ether oxygens (including phenoxy) is 1. The summed E-state index contributed by atoms with van der Waals surface area (Å²) in [6.07, 6.45) is 0. The number of rotatable bonds is 5. The Morgan fingerprint density at radius 1 is 1.29 bits per heavy atom. The standard InChI is InChI=1S/C15H17NO5/c1-8-4-10-6-13(21-12(10)5-9(8)2)14(17)16-11(7-20-3)15(18)19/h4-6,11H,7H2,1-3H3,(H,16,17)(H,18,19). The number of hydrogen-bond acceptors (Lipinski definition) is 4. The number of aryl methyl sites for hydroxylation is 2. The van der Waals surface area contributed by atoms with Crippen LogP contribution in [0.15, 0.2) is 22.6 Å². The monoisotopic (exact) mass is 291 g/mol. The quantitative estimate of drug-likeness (QED) is 0.878. The topological polar surface area (TPSA) is 88.8 Å². The first kappa shape index (κ1) is 15.1. The lowest BCUT2D eigenvalue weighted by Crippen LogP contribution is -2.43. The van der Waals surface area contributed by atoms with Gasteiger partial charge in [-0.25, -0.2) is 4.79 Å². The number of furan rings is 1. The Morgan fingerprint density at radius 2 is 1.95 bits per heavy atom. The van der Waals surface area contributed by atoms with Crippen LogP contribution in [0.4, 0.5) is 0 Å². The summed E-state index contributed by atoms with van der Waals surface area (Å²) >= 11 is 0. The number of nitrogens with one attached hydrogen (secondary N) is 1. The second kappa shape index (κ2) is 5.97. The van der Waals surface area contributed by atoms with E-state index in [2.05, 4.69) is 5.32 Å². The highest BCUT2D eigenvalue weighted by atomic mass is 16.5. The number of amides is 1. The molecule has 1 aromatic heterocycles. The molecule has 0 saturated heterocycles. The summed E-state index contributed by atoms with van der Waals surface area (Å²) in [5.74, 6) is -1.66. The van der Waals surface area contributed by atoms with Gasteiger partial charge < -0.3 is 19.6 Å². The Bertz CT molecular complexity index is 650. The van der Waals surface area contributed by atoms with Crippen molar-refractivity contribution in [2.24, 2.45) is 0 Å². The summed E-state index contributed by atoms with van der Waals surface area (Å²) in [5, 5.41) is 12.2. The molecule has 0 aliphatic carbocycles. The molecule has 0 saturated carbocycles. The fourth-order valence-electron chi connectivity index (χ4n) is 1.99. The lowest BCUT2D eigenvalue weighted by molar-refractivity contribution is -0.140. The molecule has 6 nitrogen and oxygen atoms in total. The van der Waals surface area contributed by atoms with Crippen LogP contribution in [0.25, 0.3) is 11.0 Å². The molecule has 0 radical (unpaired) electrons. The van der Waals surface area contributed by atoms with Crippen molar-refractivity contribution in [3.8, 4) is 0 Å². The second-order valence-corrected chi connectivity index (χ2v) is 4.90. The summed E-state index contributed by atoms with van der Waals surface area (Å²) in [6.45, 7) is 3.82. The van der Waals surface area contributed by atoms with Gasteiger partial charge >= 0.3 is 5.97 Å². The zero-order chi connectivity index (χ0) is 15.6. The molecule has 21 heavy (non-hydrogen) atoms. The number of carbonyl (C=O) groups is 2. The molecule has 1 atom stereocenters. The van der Waals surface area contributed by atoms with E-state index in [0.717, 1.165) is 16.5 Å². The minimum absolute atomic E-state index is 0.0809. The average molecular weight is 291 g/mol. The van der Waals surface area contributed by atoms with Gasteiger partial charge in [0.2, 0.25) is 0 Å². The second-order valence-electron chi connectivity index (χ2n) is 4.90. The van der Waals surface area contributed by atoms with Crippen LogP contribution in [-0.4, -0.2) is 36.7 Å². The van der Waals surface area contributed by atoms with Crippen molar-refractivity contribution >= 4 is 22.8 Å². The van der Waals surface area contributed by atoms with Gasteiger partial charge in [0.1, 0.15) is 5.58 Å². The maximum absolute atomic E-state index is 12.1. The Hall–Kier alpha value is -2.34. The van der Waals surface area contributed by atoms with Crippen LogP contribution in [-0.2, 0) is 9.53 Å². The largest absolute Gasteiger partial charge is 0.480 e. The smallest absolute Gasteiger partial charge is 0.328 e. The molecule has 0 bridgehead atoms. The highest BCUT2D eigenvalue weighted by Gasteiger charge is 2.22. The molecule has 2 N–H and O–H groups in total. The lowest BCUT2D eigenvalue weighted by Gasteiger charge is -2.11. The normalized spacial score (nSPS) is 12.3. The van der Waals surface area contributed by atoms with Crippen molar-refractivity contribution in [2.75, 3.05) is 13.7 Å². The van der Waals surface area contributed by atoms with Crippen molar-refractivity contribution in [3.05, 3.63) is 35.1 Å². The van der Waals surface area contributed by atoms with E-state index >= 15 is 0 Å². The van der Waals surface area contributed by atoms with Gasteiger partial charge in [0.05, 0.1) is 6.61 Å². The van der Waals surface area contributed by atoms with Crippen LogP contribution in [0.5, 0.6) is 0 Å². The third-order valence-electron chi connectivity index (χ3n) is 3.29. The number of methoxy groups -OCH3 is 1. The summed E-state index contributed by atoms with van der Waals surface area (Å²) in [5.41, 5.74) is 2.76. The Labute approximate surface area is 121 Å². The Kier molecular flexibility index (Phi) is 4.28. The van der Waals surface area contributed by atoms with Crippen LogP contribution in [0.3, 0.4) is 0 Å². The van der Waals surface area contributed by atoms with E-state index in [9.17, 15) is 9.59 Å². The molecular formula is C15H17NO5. The van der Waals surface area contributed by atoms with E-state index < -0.39 is 17.9 Å². The van der Waals surface area contributed by atoms with E-state index in [1.165, 1.54) is 7.11 Å². The van der Waals surface area contributed by atoms with Gasteiger partial charge in [-0.2, -0.15) is 0 Å². The molecule has 1 amide bonds. The van der Waals surface area contributed by atoms with Crippen molar-refractivity contribution in [1.82, 2.24) is 5.32 Å². The van der Waals surface area contributed by atoms with Gasteiger partial charge in [-0.1, -0.05) is 0 Å². The lowest BCUT2D eigenvalue weighted by atomic mass is 10.1. The first-order chi connectivity index (χ1) is 9.92. The fraction of sp³-hybridized carbons (Fsp3) is 0.333. The fourth-order valence-corrected chi connectivity index (χ4v) is 1.99. The van der Waals surface area contributed by atoms with E-state index in [-0.39, 0.29) is 12.4 Å². The predicted molar refractivity (Wildman–Crippen MR) is 76.5 cm³/mol. The van der Waals surface area contributed by atoms with Gasteiger partial charge in [-0.15, -0.1) is 0 Å². The van der Waals surface area contributed by atoms with Gasteiger partial charge in [-0.05, 0) is 43.2 Å². The maximum Gasteiger partial charge on any atom is 0.328 e. The molecule has 0 spiro atoms. The number of benzene rings is 1. The molecule has 0 fully saturated rings. The van der Waals surface area contributed by atoms with Crippen LogP contribution in [0, 0.1) is 13.8 Å². The Morgan fingerprint density at radius 3 is 2.57 bits per heavy atom. The van der Waals surface area contributed by atoms with E-state index in [4.69, 9.17) is 14.3 Å². The molecule has 1 aromatic carbocycles. The van der Waals surface area contributed by atoms with Gasteiger partial charge in [0, 0.05) is 12.5 Å². The molecule has 1 unspecified atom stereocenters. The van der Waals surface area contributed by atoms with E-state index in [1.807, 2.05) is 26.0 Å². The molecule has 0 aliphatic rings. The first-order valence-corrected chi connectivity index (χ1v) is 6.45. The number of aliphatic carboxylic acids is 1. The highest BCUT2D eigenvalue weighted by Crippen LogP contribution is 2.23. The van der Waals surface area contributed by atoms with Crippen LogP contribution >= 0.6 is 0 Å². The third kappa shape index (κ3) is 3.22. The maximum atomic E-state index is 12.1. The summed E-state index contributed by atoms with van der Waals surface area (Å²) < 4.78 is 10.2.